The summed E-state index contributed by atoms with van der Waals surface area (Å²) in [6, 6.07) is 13.3. The zero-order valence-electron chi connectivity index (χ0n) is 13.7. The monoisotopic (exact) mass is 322 g/mol. The van der Waals surface area contributed by atoms with Gasteiger partial charge >= 0.3 is 0 Å². The van der Waals surface area contributed by atoms with E-state index in [1.165, 1.54) is 0 Å². The molecule has 0 bridgehead atoms. The molecule has 5 rings (SSSR count). The summed E-state index contributed by atoms with van der Waals surface area (Å²) in [5.41, 5.74) is 2.35. The smallest absolute Gasteiger partial charge is 0.194 e. The second-order valence-corrected chi connectivity index (χ2v) is 6.41. The van der Waals surface area contributed by atoms with Crippen molar-refractivity contribution in [3.05, 3.63) is 80.3 Å². The van der Waals surface area contributed by atoms with Crippen LogP contribution in [0.1, 0.15) is 12.5 Å². The van der Waals surface area contributed by atoms with Crippen LogP contribution in [-0.2, 0) is 0 Å². The zero-order valence-corrected chi connectivity index (χ0v) is 13.7. The molecule has 0 aromatic heterocycles. The lowest BCUT2D eigenvalue weighted by molar-refractivity contribution is 1.56. The quantitative estimate of drug-likeness (QED) is 0.345. The molecule has 25 heavy (non-hydrogen) atoms. The van der Waals surface area contributed by atoms with Crippen molar-refractivity contribution in [3.8, 4) is 11.1 Å². The Kier molecular flexibility index (Phi) is 2.62. The van der Waals surface area contributed by atoms with Crippen LogP contribution in [0.15, 0.2) is 58.6 Å². The topological polar surface area (TPSA) is 34.1 Å². The van der Waals surface area contributed by atoms with Crippen molar-refractivity contribution in [2.24, 2.45) is 0 Å². The molecule has 0 N–H and O–H groups in total. The summed E-state index contributed by atoms with van der Waals surface area (Å²) in [6.07, 6.45) is 3.59. The lowest BCUT2D eigenvalue weighted by atomic mass is 9.81. The van der Waals surface area contributed by atoms with E-state index in [0.717, 1.165) is 32.5 Å². The molecule has 0 unspecified atom stereocenters. The van der Waals surface area contributed by atoms with E-state index in [-0.39, 0.29) is 10.9 Å². The summed E-state index contributed by atoms with van der Waals surface area (Å²) in [6.45, 7) is 5.79. The van der Waals surface area contributed by atoms with Crippen LogP contribution in [0.5, 0.6) is 0 Å². The Morgan fingerprint density at radius 3 is 2.28 bits per heavy atom. The van der Waals surface area contributed by atoms with E-state index >= 15 is 0 Å². The number of hydrogen-bond donors (Lipinski definition) is 0. The van der Waals surface area contributed by atoms with Gasteiger partial charge in [0.1, 0.15) is 0 Å². The average molecular weight is 322 g/mol. The van der Waals surface area contributed by atoms with Crippen LogP contribution in [0.4, 0.5) is 0 Å². The third-order valence-electron chi connectivity index (χ3n) is 5.30. The Labute approximate surface area is 143 Å². The summed E-state index contributed by atoms with van der Waals surface area (Å²) >= 11 is 0. The highest BCUT2D eigenvalue weighted by atomic mass is 16.1. The highest BCUT2D eigenvalue weighted by Gasteiger charge is 2.24. The van der Waals surface area contributed by atoms with Crippen LogP contribution in [0, 0.1) is 0 Å². The lowest BCUT2D eigenvalue weighted by Crippen LogP contribution is -2.19. The van der Waals surface area contributed by atoms with Crippen LogP contribution in [0.25, 0.3) is 55.6 Å². The van der Waals surface area contributed by atoms with Gasteiger partial charge in [0, 0.05) is 43.6 Å². The van der Waals surface area contributed by atoms with Crippen LogP contribution in [0.3, 0.4) is 0 Å². The summed E-state index contributed by atoms with van der Waals surface area (Å²) in [4.78, 5) is 26.3. The molecule has 0 heterocycles. The molecule has 2 nitrogen and oxygen atoms in total. The third-order valence-corrected chi connectivity index (χ3v) is 5.30. The third kappa shape index (κ3) is 1.54. The fourth-order valence-corrected chi connectivity index (χ4v) is 4.21. The van der Waals surface area contributed by atoms with Crippen LogP contribution < -0.4 is 16.1 Å². The minimum Gasteiger partial charge on any atom is -0.289 e. The molecule has 2 aliphatic carbocycles. The molecule has 0 radical (unpaired) electrons. The maximum atomic E-state index is 13.1. The van der Waals surface area contributed by atoms with E-state index in [9.17, 15) is 9.59 Å². The van der Waals surface area contributed by atoms with Gasteiger partial charge in [0.05, 0.1) is 0 Å². The molecule has 0 aliphatic heterocycles. The number of hydrogen-bond acceptors (Lipinski definition) is 2. The minimum absolute atomic E-state index is 0.0203. The van der Waals surface area contributed by atoms with E-state index in [0.29, 0.717) is 21.7 Å². The molecule has 3 aromatic carbocycles. The SMILES string of the molecule is C=Cc1c(=O)c2ccc3cccc4c(=O)c5cc/c(=C/C)c1c5-c2c34. The van der Waals surface area contributed by atoms with Gasteiger partial charge in [0.2, 0.25) is 0 Å². The minimum atomic E-state index is -0.0243. The number of rotatable bonds is 1. The average Bonchev–Trinajstić information content (AvgIpc) is 2.65. The van der Waals surface area contributed by atoms with Crippen molar-refractivity contribution in [1.82, 2.24) is 0 Å². The van der Waals surface area contributed by atoms with Crippen LogP contribution >= 0.6 is 0 Å². The van der Waals surface area contributed by atoms with Gasteiger partial charge in [-0.25, -0.2) is 0 Å². The van der Waals surface area contributed by atoms with Gasteiger partial charge in [-0.1, -0.05) is 49.1 Å². The largest absolute Gasteiger partial charge is 0.289 e. The van der Waals surface area contributed by atoms with Crippen LogP contribution in [0.2, 0.25) is 0 Å². The molecule has 0 spiro atoms. The second kappa shape index (κ2) is 4.64. The first-order valence-corrected chi connectivity index (χ1v) is 8.29. The van der Waals surface area contributed by atoms with Crippen molar-refractivity contribution in [1.29, 1.82) is 0 Å². The van der Waals surface area contributed by atoms with Crippen LogP contribution in [-0.4, -0.2) is 0 Å². The van der Waals surface area contributed by atoms with E-state index in [1.807, 2.05) is 55.5 Å². The molecule has 0 amide bonds. The second-order valence-electron chi connectivity index (χ2n) is 6.41. The molecule has 0 saturated carbocycles. The highest BCUT2D eigenvalue weighted by molar-refractivity contribution is 6.23. The first kappa shape index (κ1) is 14.1. The molecule has 2 aliphatic rings. The Morgan fingerprint density at radius 2 is 1.52 bits per heavy atom. The first-order valence-electron chi connectivity index (χ1n) is 8.29. The number of benzene rings is 5. The molecule has 0 atom stereocenters. The maximum absolute atomic E-state index is 13.1. The maximum Gasteiger partial charge on any atom is 0.194 e. The molecular formula is C23H14O2. The molecule has 2 heteroatoms. The van der Waals surface area contributed by atoms with E-state index in [1.54, 1.807) is 6.08 Å². The molecule has 3 aromatic rings. The fraction of sp³-hybridized carbons (Fsp3) is 0.0435. The summed E-state index contributed by atoms with van der Waals surface area (Å²) in [7, 11) is 0. The Morgan fingerprint density at radius 1 is 0.800 bits per heavy atom. The van der Waals surface area contributed by atoms with E-state index in [2.05, 4.69) is 6.58 Å². The van der Waals surface area contributed by atoms with Gasteiger partial charge in [-0.2, -0.15) is 0 Å². The predicted octanol–water partition coefficient (Wildman–Crippen LogP) is 4.01. The van der Waals surface area contributed by atoms with Crippen molar-refractivity contribution in [2.45, 2.75) is 6.92 Å². The predicted molar refractivity (Wildman–Crippen MR) is 106 cm³/mol. The van der Waals surface area contributed by atoms with E-state index in [4.69, 9.17) is 0 Å². The standard InChI is InChI=1S/C23H14O2/c1-3-12-8-10-17-20-18(12)14(4-2)22(24)16-11-9-13-6-5-7-15(23(17)25)19(13)21(16)20/h3-11H,2H2,1H3/b12-3-. The van der Waals surface area contributed by atoms with Crippen molar-refractivity contribution in [3.63, 3.8) is 0 Å². The van der Waals surface area contributed by atoms with Gasteiger partial charge in [-0.3, -0.25) is 9.59 Å². The van der Waals surface area contributed by atoms with Gasteiger partial charge < -0.3 is 0 Å². The Hall–Kier alpha value is -3.26. The summed E-state index contributed by atoms with van der Waals surface area (Å²) in [5, 5.41) is 5.67. The van der Waals surface area contributed by atoms with Gasteiger partial charge in [-0.05, 0) is 29.7 Å². The van der Waals surface area contributed by atoms with Crippen molar-refractivity contribution < 1.29 is 0 Å². The summed E-state index contributed by atoms with van der Waals surface area (Å²) in [5.74, 6) is 0. The fourth-order valence-electron chi connectivity index (χ4n) is 4.21. The zero-order chi connectivity index (χ0) is 17.3. The van der Waals surface area contributed by atoms with Crippen molar-refractivity contribution in [2.75, 3.05) is 0 Å². The van der Waals surface area contributed by atoms with Gasteiger partial charge in [0.15, 0.2) is 10.9 Å². The molecule has 0 saturated heterocycles. The Bertz CT molecular complexity index is 1440. The molecule has 118 valence electrons. The lowest BCUT2D eigenvalue weighted by Gasteiger charge is -2.20. The molecule has 0 fully saturated rings. The summed E-state index contributed by atoms with van der Waals surface area (Å²) < 4.78 is 0. The normalized spacial score (nSPS) is 12.9. The highest BCUT2D eigenvalue weighted by Crippen LogP contribution is 2.41. The van der Waals surface area contributed by atoms with E-state index < -0.39 is 0 Å². The molecular weight excluding hydrogens is 308 g/mol. The van der Waals surface area contributed by atoms with Crippen molar-refractivity contribution >= 4 is 44.5 Å². The van der Waals surface area contributed by atoms with Gasteiger partial charge in [0.25, 0.3) is 0 Å². The van der Waals surface area contributed by atoms with Gasteiger partial charge in [-0.15, -0.1) is 0 Å². The first-order chi connectivity index (χ1) is 12.2. The Balaban J connectivity index is 2.36.